The molecule has 0 atom stereocenters. The molecule has 0 saturated carbocycles. The van der Waals surface area contributed by atoms with Gasteiger partial charge in [0.2, 0.25) is 0 Å². The number of hydrogen-bond acceptors (Lipinski definition) is 4. The van der Waals surface area contributed by atoms with E-state index in [0.29, 0.717) is 18.7 Å². The molecule has 4 aromatic rings. The molecule has 1 aromatic heterocycles. The lowest BCUT2D eigenvalue weighted by Gasteiger charge is -2.31. The molecule has 1 amide bonds. The summed E-state index contributed by atoms with van der Waals surface area (Å²) in [4.78, 5) is 15.2. The third-order valence-corrected chi connectivity index (χ3v) is 6.25. The van der Waals surface area contributed by atoms with Crippen LogP contribution in [0.3, 0.4) is 0 Å². The van der Waals surface area contributed by atoms with Crippen molar-refractivity contribution in [3.05, 3.63) is 89.6 Å². The van der Waals surface area contributed by atoms with E-state index in [1.807, 2.05) is 53.3 Å². The van der Waals surface area contributed by atoms with E-state index < -0.39 is 0 Å². The molecule has 0 spiro atoms. The van der Waals surface area contributed by atoms with Gasteiger partial charge in [-0.15, -0.1) is 0 Å². The molecular weight excluding hydrogens is 412 g/mol. The van der Waals surface area contributed by atoms with Crippen molar-refractivity contribution in [2.75, 3.05) is 31.6 Å². The van der Waals surface area contributed by atoms with Gasteiger partial charge in [0, 0.05) is 36.3 Å². The summed E-state index contributed by atoms with van der Waals surface area (Å²) >= 11 is 0. The number of carbonyl (C=O) groups is 1. The van der Waals surface area contributed by atoms with Crippen LogP contribution < -0.4 is 15.0 Å². The van der Waals surface area contributed by atoms with Crippen molar-refractivity contribution in [1.29, 1.82) is 0 Å². The Balaban J connectivity index is 1.26. The molecule has 1 N–H and O–H groups in total. The first-order chi connectivity index (χ1) is 16.2. The fourth-order valence-electron chi connectivity index (χ4n) is 4.53. The van der Waals surface area contributed by atoms with Crippen LogP contribution >= 0.6 is 0 Å². The minimum atomic E-state index is -0.0590. The smallest absolute Gasteiger partial charge is 0.251 e. The number of carbonyl (C=O) groups excluding carboxylic acids is 1. The molecule has 0 aliphatic carbocycles. The Hall–Kier alpha value is -3.80. The van der Waals surface area contributed by atoms with E-state index >= 15 is 0 Å². The number of benzene rings is 3. The standard InChI is InChI=1S/C27H28N4O2/c1-33-24-9-4-6-20(16-24)19-31-26-17-22(11-12-23(26)18-29-31)27(32)28-13-15-30-14-5-8-21-7-2-3-10-25(21)30/h2-4,6-7,9-12,16-18H,5,8,13-15,19H2,1H3,(H,28,32). The van der Waals surface area contributed by atoms with Crippen molar-refractivity contribution in [2.24, 2.45) is 0 Å². The summed E-state index contributed by atoms with van der Waals surface area (Å²) in [7, 11) is 1.66. The predicted octanol–water partition coefficient (Wildman–Crippen LogP) is 4.28. The number of anilines is 1. The molecule has 6 heteroatoms. The highest BCUT2D eigenvalue weighted by atomic mass is 16.5. The van der Waals surface area contributed by atoms with E-state index in [9.17, 15) is 4.79 Å². The van der Waals surface area contributed by atoms with Crippen LogP contribution in [0, 0.1) is 0 Å². The first-order valence-electron chi connectivity index (χ1n) is 11.4. The third kappa shape index (κ3) is 4.55. The van der Waals surface area contributed by atoms with Crippen LogP contribution in [-0.4, -0.2) is 42.4 Å². The zero-order chi connectivity index (χ0) is 22.6. The normalized spacial score (nSPS) is 13.1. The van der Waals surface area contributed by atoms with Crippen molar-refractivity contribution in [3.8, 4) is 5.75 Å². The van der Waals surface area contributed by atoms with Crippen LogP contribution in [0.2, 0.25) is 0 Å². The molecule has 0 fully saturated rings. The summed E-state index contributed by atoms with van der Waals surface area (Å²) < 4.78 is 7.25. The van der Waals surface area contributed by atoms with Gasteiger partial charge in [0.25, 0.3) is 5.91 Å². The Kier molecular flexibility index (Phi) is 5.98. The van der Waals surface area contributed by atoms with Gasteiger partial charge in [-0.3, -0.25) is 9.48 Å². The van der Waals surface area contributed by atoms with Crippen molar-refractivity contribution in [1.82, 2.24) is 15.1 Å². The number of nitrogens with one attached hydrogen (secondary N) is 1. The van der Waals surface area contributed by atoms with Crippen LogP contribution in [0.25, 0.3) is 10.9 Å². The maximum atomic E-state index is 12.9. The fraction of sp³-hybridized carbons (Fsp3) is 0.259. The zero-order valence-electron chi connectivity index (χ0n) is 18.8. The molecule has 0 unspecified atom stereocenters. The molecule has 3 aromatic carbocycles. The van der Waals surface area contributed by atoms with Gasteiger partial charge in [0.1, 0.15) is 5.75 Å². The summed E-state index contributed by atoms with van der Waals surface area (Å²) in [6, 6.07) is 22.2. The van der Waals surface area contributed by atoms with Gasteiger partial charge in [-0.25, -0.2) is 0 Å². The average Bonchev–Trinajstić information content (AvgIpc) is 3.26. The second kappa shape index (κ2) is 9.36. The number of methoxy groups -OCH3 is 1. The van der Waals surface area contributed by atoms with Gasteiger partial charge < -0.3 is 15.0 Å². The fourth-order valence-corrected chi connectivity index (χ4v) is 4.53. The number of nitrogens with zero attached hydrogens (tertiary/aromatic N) is 3. The second-order valence-corrected chi connectivity index (χ2v) is 8.40. The lowest BCUT2D eigenvalue weighted by atomic mass is 10.0. The molecule has 0 bridgehead atoms. The van der Waals surface area contributed by atoms with Crippen LogP contribution in [0.1, 0.15) is 27.9 Å². The average molecular weight is 441 g/mol. The molecule has 1 aliphatic rings. The van der Waals surface area contributed by atoms with Gasteiger partial charge in [0.15, 0.2) is 0 Å². The van der Waals surface area contributed by atoms with E-state index in [1.165, 1.54) is 11.3 Å². The summed E-state index contributed by atoms with van der Waals surface area (Å²) in [5.41, 5.74) is 5.37. The molecule has 168 valence electrons. The minimum absolute atomic E-state index is 0.0590. The summed E-state index contributed by atoms with van der Waals surface area (Å²) in [5.74, 6) is 0.761. The summed E-state index contributed by atoms with van der Waals surface area (Å²) in [5, 5.41) is 8.63. The number of fused-ring (bicyclic) bond motifs is 2. The maximum absolute atomic E-state index is 12.9. The van der Waals surface area contributed by atoms with E-state index in [1.54, 1.807) is 7.11 Å². The highest BCUT2D eigenvalue weighted by molar-refractivity contribution is 5.97. The van der Waals surface area contributed by atoms with Gasteiger partial charge in [-0.1, -0.05) is 36.4 Å². The van der Waals surface area contributed by atoms with Crippen molar-refractivity contribution in [3.63, 3.8) is 0 Å². The highest BCUT2D eigenvalue weighted by Crippen LogP contribution is 2.26. The number of rotatable bonds is 7. The first kappa shape index (κ1) is 21.1. The van der Waals surface area contributed by atoms with Crippen LogP contribution in [0.5, 0.6) is 5.75 Å². The van der Waals surface area contributed by atoms with Crippen molar-refractivity contribution in [2.45, 2.75) is 19.4 Å². The van der Waals surface area contributed by atoms with E-state index in [-0.39, 0.29) is 5.91 Å². The minimum Gasteiger partial charge on any atom is -0.497 e. The lowest BCUT2D eigenvalue weighted by molar-refractivity contribution is 0.0954. The van der Waals surface area contributed by atoms with Crippen molar-refractivity contribution < 1.29 is 9.53 Å². The number of aromatic nitrogens is 2. The van der Waals surface area contributed by atoms with Gasteiger partial charge in [-0.2, -0.15) is 5.10 Å². The van der Waals surface area contributed by atoms with Gasteiger partial charge in [-0.05, 0) is 54.3 Å². The van der Waals surface area contributed by atoms with E-state index in [0.717, 1.165) is 48.1 Å². The van der Waals surface area contributed by atoms with Gasteiger partial charge >= 0.3 is 0 Å². The quantitative estimate of drug-likeness (QED) is 0.466. The van der Waals surface area contributed by atoms with Crippen LogP contribution in [0.4, 0.5) is 5.69 Å². The number of amides is 1. The monoisotopic (exact) mass is 440 g/mol. The molecule has 0 saturated heterocycles. The first-order valence-corrected chi connectivity index (χ1v) is 11.4. The zero-order valence-corrected chi connectivity index (χ0v) is 18.8. The molecule has 33 heavy (non-hydrogen) atoms. The van der Waals surface area contributed by atoms with Crippen LogP contribution in [0.15, 0.2) is 72.9 Å². The Morgan fingerprint density at radius 2 is 2.00 bits per heavy atom. The number of para-hydroxylation sites is 1. The predicted molar refractivity (Wildman–Crippen MR) is 131 cm³/mol. The Morgan fingerprint density at radius 1 is 1.09 bits per heavy atom. The second-order valence-electron chi connectivity index (χ2n) is 8.40. The molecule has 2 heterocycles. The number of aryl methyl sites for hydroxylation is 1. The highest BCUT2D eigenvalue weighted by Gasteiger charge is 2.16. The summed E-state index contributed by atoms with van der Waals surface area (Å²) in [6.45, 7) is 3.05. The molecule has 6 nitrogen and oxygen atoms in total. The molecule has 1 aliphatic heterocycles. The maximum Gasteiger partial charge on any atom is 0.251 e. The van der Waals surface area contributed by atoms with E-state index in [4.69, 9.17) is 4.74 Å². The Morgan fingerprint density at radius 3 is 2.91 bits per heavy atom. The third-order valence-electron chi connectivity index (χ3n) is 6.25. The topological polar surface area (TPSA) is 59.4 Å². The lowest BCUT2D eigenvalue weighted by Crippen LogP contribution is -2.37. The largest absolute Gasteiger partial charge is 0.497 e. The van der Waals surface area contributed by atoms with Crippen molar-refractivity contribution >= 4 is 22.5 Å². The molecule has 0 radical (unpaired) electrons. The molecular formula is C27H28N4O2. The SMILES string of the molecule is COc1cccc(Cn2ncc3ccc(C(=O)NCCN4CCCc5ccccc54)cc32)c1. The molecule has 5 rings (SSSR count). The van der Waals surface area contributed by atoms with Crippen LogP contribution in [-0.2, 0) is 13.0 Å². The summed E-state index contributed by atoms with van der Waals surface area (Å²) in [6.07, 6.45) is 4.12. The van der Waals surface area contributed by atoms with E-state index in [2.05, 4.69) is 39.6 Å². The number of hydrogen-bond donors (Lipinski definition) is 1. The van der Waals surface area contributed by atoms with Gasteiger partial charge in [0.05, 0.1) is 25.4 Å². The Bertz CT molecular complexity index is 1280. The Labute approximate surface area is 193 Å². The number of ether oxygens (including phenoxy) is 1.